The molecule has 0 aromatic heterocycles. The molecule has 0 unspecified atom stereocenters. The zero-order valence-electron chi connectivity index (χ0n) is 22.1. The average Bonchev–Trinajstić information content (AvgIpc) is 2.91. The van der Waals surface area contributed by atoms with Gasteiger partial charge in [-0.3, -0.25) is 14.6 Å². The van der Waals surface area contributed by atoms with Gasteiger partial charge in [0.1, 0.15) is 11.6 Å². The first-order valence-corrected chi connectivity index (χ1v) is 12.6. The fourth-order valence-electron chi connectivity index (χ4n) is 5.01. The van der Waals surface area contributed by atoms with Crippen molar-refractivity contribution in [2.24, 2.45) is 0 Å². The molecule has 2 atom stereocenters. The Bertz CT molecular complexity index is 1250. The van der Waals surface area contributed by atoms with Crippen LogP contribution in [0.15, 0.2) is 59.8 Å². The van der Waals surface area contributed by atoms with Crippen LogP contribution in [0.25, 0.3) is 0 Å². The van der Waals surface area contributed by atoms with Crippen molar-refractivity contribution in [3.8, 4) is 5.75 Å². The zero-order valence-corrected chi connectivity index (χ0v) is 22.1. The smallest absolute Gasteiger partial charge is 0.338 e. The summed E-state index contributed by atoms with van der Waals surface area (Å²) in [6, 6.07) is 11.6. The molecule has 2 aliphatic heterocycles. The summed E-state index contributed by atoms with van der Waals surface area (Å²) in [6.07, 6.45) is 0. The number of ether oxygens (including phenoxy) is 2. The van der Waals surface area contributed by atoms with Crippen molar-refractivity contribution in [2.45, 2.75) is 25.9 Å². The lowest BCUT2D eigenvalue weighted by molar-refractivity contribution is -0.139. The number of rotatable bonds is 7. The van der Waals surface area contributed by atoms with Crippen molar-refractivity contribution in [3.05, 3.63) is 76.7 Å². The highest BCUT2D eigenvalue weighted by atomic mass is 19.1. The van der Waals surface area contributed by atoms with Crippen molar-refractivity contribution in [2.75, 3.05) is 46.9 Å². The van der Waals surface area contributed by atoms with Crippen LogP contribution in [0.3, 0.4) is 0 Å². The minimum Gasteiger partial charge on any atom is -0.496 e. The first-order valence-electron chi connectivity index (χ1n) is 12.6. The molecule has 0 saturated carbocycles. The molecule has 1 saturated heterocycles. The van der Waals surface area contributed by atoms with Gasteiger partial charge < -0.3 is 19.7 Å². The van der Waals surface area contributed by atoms with Crippen LogP contribution in [0.2, 0.25) is 0 Å². The molecule has 2 heterocycles. The van der Waals surface area contributed by atoms with Crippen LogP contribution >= 0.6 is 0 Å². The van der Waals surface area contributed by atoms with Crippen LogP contribution in [0.5, 0.6) is 5.75 Å². The van der Waals surface area contributed by atoms with Gasteiger partial charge in [-0.1, -0.05) is 24.3 Å². The first kappa shape index (κ1) is 27.1. The van der Waals surface area contributed by atoms with Gasteiger partial charge in [-0.05, 0) is 38.1 Å². The maximum Gasteiger partial charge on any atom is 0.338 e. The van der Waals surface area contributed by atoms with Crippen molar-refractivity contribution in [1.82, 2.24) is 20.0 Å². The fraction of sp³-hybridized carbons (Fsp3) is 0.393. The number of nitrogens with zero attached hydrogens (tertiary/aromatic N) is 3. The molecule has 9 nitrogen and oxygen atoms in total. The van der Waals surface area contributed by atoms with E-state index in [-0.39, 0.29) is 24.6 Å². The fourth-order valence-corrected chi connectivity index (χ4v) is 5.01. The van der Waals surface area contributed by atoms with E-state index >= 15 is 0 Å². The number of carbonyl (C=O) groups is 3. The molecule has 2 aromatic rings. The molecule has 10 heteroatoms. The highest BCUT2D eigenvalue weighted by Crippen LogP contribution is 2.36. The summed E-state index contributed by atoms with van der Waals surface area (Å²) < 4.78 is 24.6. The highest BCUT2D eigenvalue weighted by molar-refractivity contribution is 5.96. The standard InChI is InChI=1S/C28H33FN4O5/c1-5-38-27(35)24-22(31(3)28(36)30-25(24)21-11-6-7-12-23(21)37-4)17-32-13-14-33(18(2)16-32)26(34)19-9-8-10-20(29)15-19/h6-12,15,18,25H,5,13-14,16-17H2,1-4H3,(H,30,36)/t18-,25-/m0/s1. The number of nitrogens with one attached hydrogen (secondary N) is 1. The van der Waals surface area contributed by atoms with E-state index < -0.39 is 17.8 Å². The second-order valence-corrected chi connectivity index (χ2v) is 9.36. The van der Waals surface area contributed by atoms with Gasteiger partial charge in [0, 0.05) is 56.1 Å². The number of likely N-dealkylation sites (N-methyl/N-ethyl adjacent to an activating group) is 1. The number of piperazine rings is 1. The summed E-state index contributed by atoms with van der Waals surface area (Å²) in [5.74, 6) is -0.655. The SMILES string of the molecule is CCOC(=O)C1=C(CN2CCN(C(=O)c3cccc(F)c3)[C@@H](C)C2)N(C)C(=O)N[C@H]1c1ccccc1OC. The van der Waals surface area contributed by atoms with Gasteiger partial charge >= 0.3 is 12.0 Å². The average molecular weight is 525 g/mol. The molecule has 38 heavy (non-hydrogen) atoms. The van der Waals surface area contributed by atoms with Gasteiger partial charge in [0.25, 0.3) is 5.91 Å². The summed E-state index contributed by atoms with van der Waals surface area (Å²) in [6.45, 7) is 5.59. The van der Waals surface area contributed by atoms with E-state index in [0.717, 1.165) is 0 Å². The monoisotopic (exact) mass is 524 g/mol. The quantitative estimate of drug-likeness (QED) is 0.560. The Labute approximate surface area is 221 Å². The number of esters is 1. The number of hydrogen-bond acceptors (Lipinski definition) is 6. The molecule has 1 N–H and O–H groups in total. The van der Waals surface area contributed by atoms with Crippen LogP contribution in [-0.4, -0.2) is 85.6 Å². The molecular weight excluding hydrogens is 491 g/mol. The van der Waals surface area contributed by atoms with Crippen LogP contribution < -0.4 is 10.1 Å². The normalized spacial score (nSPS) is 20.3. The number of urea groups is 1. The Morgan fingerprint density at radius 2 is 1.89 bits per heavy atom. The van der Waals surface area contributed by atoms with E-state index in [1.807, 2.05) is 25.1 Å². The second-order valence-electron chi connectivity index (χ2n) is 9.36. The molecule has 1 fully saturated rings. The Kier molecular flexibility index (Phi) is 8.31. The number of hydrogen-bond donors (Lipinski definition) is 1. The van der Waals surface area contributed by atoms with Gasteiger partial charge in [0.2, 0.25) is 0 Å². The Morgan fingerprint density at radius 1 is 1.13 bits per heavy atom. The van der Waals surface area contributed by atoms with Gasteiger partial charge in [0.15, 0.2) is 0 Å². The third kappa shape index (κ3) is 5.50. The number of benzene rings is 2. The first-order chi connectivity index (χ1) is 18.2. The lowest BCUT2D eigenvalue weighted by atomic mass is 9.93. The Morgan fingerprint density at radius 3 is 2.58 bits per heavy atom. The minimum atomic E-state index is -0.753. The van der Waals surface area contributed by atoms with E-state index in [4.69, 9.17) is 9.47 Å². The predicted octanol–water partition coefficient (Wildman–Crippen LogP) is 3.19. The van der Waals surface area contributed by atoms with Gasteiger partial charge in [-0.25, -0.2) is 14.0 Å². The second kappa shape index (κ2) is 11.6. The molecule has 0 aliphatic carbocycles. The zero-order chi connectivity index (χ0) is 27.4. The van der Waals surface area contributed by atoms with Crippen LogP contribution in [0, 0.1) is 5.82 Å². The number of para-hydroxylation sites is 1. The number of methoxy groups -OCH3 is 1. The third-order valence-electron chi connectivity index (χ3n) is 6.94. The summed E-state index contributed by atoms with van der Waals surface area (Å²) in [5, 5.41) is 2.91. The summed E-state index contributed by atoms with van der Waals surface area (Å²) in [5.41, 5.74) is 1.82. The number of amides is 3. The van der Waals surface area contributed by atoms with Crippen molar-refractivity contribution in [3.63, 3.8) is 0 Å². The van der Waals surface area contributed by atoms with Crippen molar-refractivity contribution >= 4 is 17.9 Å². The number of carbonyl (C=O) groups excluding carboxylic acids is 3. The predicted molar refractivity (Wildman–Crippen MR) is 139 cm³/mol. The maximum atomic E-state index is 13.7. The molecule has 2 aromatic carbocycles. The molecule has 0 radical (unpaired) electrons. The van der Waals surface area contributed by atoms with E-state index in [1.54, 1.807) is 31.0 Å². The van der Waals surface area contributed by atoms with Crippen LogP contribution in [0.1, 0.15) is 35.8 Å². The molecule has 3 amide bonds. The largest absolute Gasteiger partial charge is 0.496 e. The highest BCUT2D eigenvalue weighted by Gasteiger charge is 2.39. The summed E-state index contributed by atoms with van der Waals surface area (Å²) in [4.78, 5) is 44.6. The molecule has 0 spiro atoms. The maximum absolute atomic E-state index is 13.7. The van der Waals surface area contributed by atoms with Crippen LogP contribution in [0.4, 0.5) is 9.18 Å². The van der Waals surface area contributed by atoms with Gasteiger partial charge in [-0.15, -0.1) is 0 Å². The van der Waals surface area contributed by atoms with E-state index in [1.165, 1.54) is 30.2 Å². The lowest BCUT2D eigenvalue weighted by Crippen LogP contribution is -2.56. The van der Waals surface area contributed by atoms with Crippen molar-refractivity contribution < 1.29 is 28.2 Å². The lowest BCUT2D eigenvalue weighted by Gasteiger charge is -2.42. The van der Waals surface area contributed by atoms with E-state index in [0.29, 0.717) is 54.3 Å². The van der Waals surface area contributed by atoms with Crippen molar-refractivity contribution in [1.29, 1.82) is 0 Å². The van der Waals surface area contributed by atoms with E-state index in [9.17, 15) is 18.8 Å². The van der Waals surface area contributed by atoms with Crippen LogP contribution in [-0.2, 0) is 9.53 Å². The van der Waals surface area contributed by atoms with Gasteiger partial charge in [-0.2, -0.15) is 0 Å². The van der Waals surface area contributed by atoms with E-state index in [2.05, 4.69) is 10.2 Å². The summed E-state index contributed by atoms with van der Waals surface area (Å²) >= 11 is 0. The minimum absolute atomic E-state index is 0.168. The topological polar surface area (TPSA) is 91.4 Å². The molecule has 4 rings (SSSR count). The molecule has 0 bridgehead atoms. The molecule has 2 aliphatic rings. The summed E-state index contributed by atoms with van der Waals surface area (Å²) in [7, 11) is 3.16. The van der Waals surface area contributed by atoms with Gasteiger partial charge in [0.05, 0.1) is 25.3 Å². The molecule has 202 valence electrons. The Hall–Kier alpha value is -3.92. The molecular formula is C28H33FN4O5. The number of halogens is 1. The Balaban J connectivity index is 1.62. The third-order valence-corrected chi connectivity index (χ3v) is 6.94.